The summed E-state index contributed by atoms with van der Waals surface area (Å²) in [5.74, 6) is 1.24. The van der Waals surface area contributed by atoms with Crippen molar-refractivity contribution in [3.05, 3.63) is 64.9 Å². The lowest BCUT2D eigenvalue weighted by atomic mass is 9.74. The lowest BCUT2D eigenvalue weighted by molar-refractivity contribution is -0.128. The highest BCUT2D eigenvalue weighted by Gasteiger charge is 2.44. The fourth-order valence-electron chi connectivity index (χ4n) is 6.22. The van der Waals surface area contributed by atoms with Gasteiger partial charge in [-0.25, -0.2) is 4.98 Å². The van der Waals surface area contributed by atoms with Crippen molar-refractivity contribution in [3.8, 4) is 0 Å². The van der Waals surface area contributed by atoms with Gasteiger partial charge in [0.05, 0.1) is 11.7 Å². The fraction of sp³-hybridized carbons (Fsp3) is 0.562. The number of nitrogens with zero attached hydrogens (tertiary/aromatic N) is 5. The number of likely N-dealkylation sites (N-methyl/N-ethyl adjacent to an activating group) is 1. The van der Waals surface area contributed by atoms with Gasteiger partial charge in [-0.3, -0.25) is 9.69 Å². The zero-order valence-corrected chi connectivity index (χ0v) is 23.8. The Hall–Kier alpha value is -2.54. The third-order valence-electron chi connectivity index (χ3n) is 8.57. The van der Waals surface area contributed by atoms with Crippen molar-refractivity contribution < 1.29 is 4.79 Å². The van der Waals surface area contributed by atoms with Gasteiger partial charge in [-0.05, 0) is 63.7 Å². The molecule has 3 saturated heterocycles. The van der Waals surface area contributed by atoms with Gasteiger partial charge in [0.1, 0.15) is 5.82 Å². The first-order valence-corrected chi connectivity index (χ1v) is 14.5. The van der Waals surface area contributed by atoms with E-state index in [1.54, 1.807) is 0 Å². The largest absolute Gasteiger partial charge is 0.354 e. The number of benzene rings is 1. The first-order valence-electron chi connectivity index (χ1n) is 14.5. The molecule has 3 fully saturated rings. The van der Waals surface area contributed by atoms with Crippen molar-refractivity contribution in [2.45, 2.75) is 46.1 Å². The Bertz CT molecular complexity index is 1130. The van der Waals surface area contributed by atoms with Crippen molar-refractivity contribution in [1.29, 1.82) is 0 Å². The Balaban J connectivity index is 1.49. The molecule has 0 N–H and O–H groups in total. The van der Waals surface area contributed by atoms with Gasteiger partial charge < -0.3 is 14.7 Å². The zero-order valence-electron chi connectivity index (χ0n) is 23.8. The molecule has 6 heteroatoms. The van der Waals surface area contributed by atoms with Crippen LogP contribution in [0.1, 0.15) is 56.0 Å². The Kier molecular flexibility index (Phi) is 8.32. The molecule has 1 unspecified atom stereocenters. The minimum atomic E-state index is -0.440. The number of hydrogen-bond acceptors (Lipinski definition) is 6. The number of hydrogen-bond donors (Lipinski definition) is 0. The average Bonchev–Trinajstić information content (AvgIpc) is 2.92. The van der Waals surface area contributed by atoms with Crippen molar-refractivity contribution in [2.75, 3.05) is 70.9 Å². The van der Waals surface area contributed by atoms with Gasteiger partial charge in [0.2, 0.25) is 0 Å². The maximum atomic E-state index is 14.0. The molecule has 38 heavy (non-hydrogen) atoms. The number of piperazine rings is 1. The van der Waals surface area contributed by atoms with Crippen LogP contribution < -0.4 is 4.90 Å². The van der Waals surface area contributed by atoms with E-state index in [4.69, 9.17) is 4.98 Å². The summed E-state index contributed by atoms with van der Waals surface area (Å²) in [4.78, 5) is 28.9. The maximum absolute atomic E-state index is 14.0. The Morgan fingerprint density at radius 1 is 0.921 bits per heavy atom. The van der Waals surface area contributed by atoms with E-state index in [1.165, 1.54) is 43.5 Å². The molecule has 1 aromatic heterocycles. The van der Waals surface area contributed by atoms with Crippen molar-refractivity contribution >= 4 is 17.7 Å². The maximum Gasteiger partial charge on any atom is 0.167 e. The van der Waals surface area contributed by atoms with E-state index in [0.717, 1.165) is 62.9 Å². The Morgan fingerprint density at radius 2 is 1.63 bits per heavy atom. The molecular weight excluding hydrogens is 470 g/mol. The number of aryl methyl sites for hydroxylation is 1. The number of aromatic nitrogens is 1. The Morgan fingerprint density at radius 3 is 2.34 bits per heavy atom. The van der Waals surface area contributed by atoms with Crippen LogP contribution in [0.2, 0.25) is 0 Å². The summed E-state index contributed by atoms with van der Waals surface area (Å²) in [6.07, 6.45) is 6.03. The smallest absolute Gasteiger partial charge is 0.167 e. The SMILES string of the molecule is Cc1ccc(C2/C(=C/c3cccc(N4CCN(C)CC4)n3)C(=O)C(C)(C)CN2CCN2CCCCC2)cc1. The minimum Gasteiger partial charge on any atom is -0.354 e. The molecule has 6 nitrogen and oxygen atoms in total. The van der Waals surface area contributed by atoms with Crippen LogP contribution in [0.3, 0.4) is 0 Å². The predicted molar refractivity (Wildman–Crippen MR) is 156 cm³/mol. The second kappa shape index (κ2) is 11.7. The molecule has 204 valence electrons. The van der Waals surface area contributed by atoms with E-state index in [2.05, 4.69) is 89.9 Å². The van der Waals surface area contributed by atoms with Crippen LogP contribution in [0.4, 0.5) is 5.82 Å². The molecule has 3 aliphatic rings. The second-order valence-electron chi connectivity index (χ2n) is 12.2. The van der Waals surface area contributed by atoms with Crippen molar-refractivity contribution in [1.82, 2.24) is 19.7 Å². The summed E-state index contributed by atoms with van der Waals surface area (Å²) in [5.41, 5.74) is 3.73. The molecule has 2 aromatic rings. The van der Waals surface area contributed by atoms with E-state index in [0.29, 0.717) is 0 Å². The van der Waals surface area contributed by atoms with Crippen molar-refractivity contribution in [3.63, 3.8) is 0 Å². The summed E-state index contributed by atoms with van der Waals surface area (Å²) in [5, 5.41) is 0. The number of piperidine rings is 2. The molecule has 3 aliphatic heterocycles. The molecule has 5 rings (SSSR count). The topological polar surface area (TPSA) is 42.9 Å². The second-order valence-corrected chi connectivity index (χ2v) is 12.2. The molecule has 0 spiro atoms. The van der Waals surface area contributed by atoms with E-state index in [-0.39, 0.29) is 11.8 Å². The third kappa shape index (κ3) is 6.19. The van der Waals surface area contributed by atoms with Gasteiger partial charge >= 0.3 is 0 Å². The predicted octanol–water partition coefficient (Wildman–Crippen LogP) is 4.66. The van der Waals surface area contributed by atoms with Gasteiger partial charge in [0, 0.05) is 56.8 Å². The van der Waals surface area contributed by atoms with Gasteiger partial charge in [-0.1, -0.05) is 56.2 Å². The number of likely N-dealkylation sites (tertiary alicyclic amines) is 2. The number of Topliss-reactive ketones (excluding diaryl/α,β-unsaturated/α-hetero) is 1. The van der Waals surface area contributed by atoms with Gasteiger partial charge in [0.25, 0.3) is 0 Å². The molecule has 0 radical (unpaired) electrons. The lowest BCUT2D eigenvalue weighted by Crippen LogP contribution is -2.51. The molecule has 0 aliphatic carbocycles. The first kappa shape index (κ1) is 27.0. The number of ketones is 1. The van der Waals surface area contributed by atoms with Crippen LogP contribution >= 0.6 is 0 Å². The third-order valence-corrected chi connectivity index (χ3v) is 8.57. The van der Waals surface area contributed by atoms with Crippen LogP contribution in [0.15, 0.2) is 48.0 Å². The highest BCUT2D eigenvalue weighted by atomic mass is 16.1. The lowest BCUT2D eigenvalue weighted by Gasteiger charge is -2.45. The summed E-state index contributed by atoms with van der Waals surface area (Å²) in [6, 6.07) is 14.9. The number of pyridine rings is 1. The van der Waals surface area contributed by atoms with Gasteiger partial charge in [-0.15, -0.1) is 0 Å². The normalized spacial score (nSPS) is 24.7. The molecule has 0 bridgehead atoms. The first-order chi connectivity index (χ1) is 18.3. The highest BCUT2D eigenvalue weighted by molar-refractivity contribution is 6.05. The Labute approximate surface area is 229 Å². The van der Waals surface area contributed by atoms with Crippen LogP contribution in [-0.4, -0.2) is 91.4 Å². The van der Waals surface area contributed by atoms with Crippen LogP contribution in [0, 0.1) is 12.3 Å². The monoisotopic (exact) mass is 515 g/mol. The molecule has 1 atom stereocenters. The van der Waals surface area contributed by atoms with E-state index in [1.807, 2.05) is 6.07 Å². The summed E-state index contributed by atoms with van der Waals surface area (Å²) >= 11 is 0. The quantitative estimate of drug-likeness (QED) is 0.521. The summed E-state index contributed by atoms with van der Waals surface area (Å²) in [7, 11) is 2.17. The van der Waals surface area contributed by atoms with E-state index < -0.39 is 5.41 Å². The van der Waals surface area contributed by atoms with E-state index >= 15 is 0 Å². The molecule has 1 aromatic carbocycles. The van der Waals surface area contributed by atoms with Gasteiger partial charge in [-0.2, -0.15) is 0 Å². The van der Waals surface area contributed by atoms with Crippen LogP contribution in [-0.2, 0) is 4.79 Å². The van der Waals surface area contributed by atoms with E-state index in [9.17, 15) is 4.79 Å². The summed E-state index contributed by atoms with van der Waals surface area (Å²) < 4.78 is 0. The van der Waals surface area contributed by atoms with Gasteiger partial charge in [0.15, 0.2) is 5.78 Å². The van der Waals surface area contributed by atoms with Crippen LogP contribution in [0.5, 0.6) is 0 Å². The number of carbonyl (C=O) groups is 1. The van der Waals surface area contributed by atoms with Crippen LogP contribution in [0.25, 0.3) is 6.08 Å². The molecular formula is C32H45N5O. The number of anilines is 1. The average molecular weight is 516 g/mol. The minimum absolute atomic E-state index is 0.0602. The van der Waals surface area contributed by atoms with Crippen molar-refractivity contribution in [2.24, 2.45) is 5.41 Å². The number of rotatable bonds is 6. The fourth-order valence-corrected chi connectivity index (χ4v) is 6.22. The molecule has 0 saturated carbocycles. The number of carbonyl (C=O) groups excluding carboxylic acids is 1. The molecule has 0 amide bonds. The highest BCUT2D eigenvalue weighted by Crippen LogP contribution is 2.41. The standard InChI is InChI=1S/C32H45N5O/c1-25-11-13-26(14-12-25)30-28(23-27-9-8-10-29(33-27)36-20-17-34(4)18-21-36)31(38)32(2,3)24-37(30)22-19-35-15-6-5-7-16-35/h8-14,23,30H,5-7,15-22,24H2,1-4H3/b28-23-. The molecule has 4 heterocycles. The summed E-state index contributed by atoms with van der Waals surface area (Å²) in [6.45, 7) is 15.5. The zero-order chi connectivity index (χ0) is 26.7.